The molecule has 1 aliphatic rings. The number of carboxylic acids is 1. The Morgan fingerprint density at radius 3 is 2.48 bits per heavy atom. The van der Waals surface area contributed by atoms with Crippen LogP contribution in [0.15, 0.2) is 24.3 Å². The van der Waals surface area contributed by atoms with Gasteiger partial charge in [0, 0.05) is 30.5 Å². The minimum atomic E-state index is -0.723. The van der Waals surface area contributed by atoms with Gasteiger partial charge >= 0.3 is 5.97 Å². The number of nitrogens with zero attached hydrogens (tertiary/aromatic N) is 2. The SMILES string of the molecule is [C-]#[N+]C1CCN(c2ccc(C(C)(C)C(O)CCCC)cc2)C1CCCCCCC(=O)O. The van der Waals surface area contributed by atoms with Crippen molar-refractivity contribution in [1.82, 2.24) is 0 Å². The Bertz CT molecular complexity index is 723. The molecule has 2 N–H and O–H groups in total. The lowest BCUT2D eigenvalue weighted by Gasteiger charge is -2.32. The summed E-state index contributed by atoms with van der Waals surface area (Å²) < 4.78 is 0. The van der Waals surface area contributed by atoms with E-state index >= 15 is 0 Å². The molecule has 0 amide bonds. The predicted octanol–water partition coefficient (Wildman–Crippen LogP) is 5.81. The van der Waals surface area contributed by atoms with Crippen LogP contribution in [0.3, 0.4) is 0 Å². The van der Waals surface area contributed by atoms with Crippen molar-refractivity contribution in [2.24, 2.45) is 0 Å². The molecular formula is C26H40N2O3. The summed E-state index contributed by atoms with van der Waals surface area (Å²) in [6.45, 7) is 14.9. The number of anilines is 1. The van der Waals surface area contributed by atoms with Gasteiger partial charge in [0.2, 0.25) is 6.04 Å². The maximum absolute atomic E-state index is 10.7. The molecule has 1 saturated heterocycles. The van der Waals surface area contributed by atoms with Gasteiger partial charge in [-0.15, -0.1) is 0 Å². The molecule has 0 aromatic heterocycles. The summed E-state index contributed by atoms with van der Waals surface area (Å²) in [5.74, 6) is -0.723. The fourth-order valence-corrected chi connectivity index (χ4v) is 4.67. The maximum Gasteiger partial charge on any atom is 0.303 e. The summed E-state index contributed by atoms with van der Waals surface area (Å²) in [5.41, 5.74) is 2.02. The Hall–Kier alpha value is -2.06. The van der Waals surface area contributed by atoms with Crippen molar-refractivity contribution in [3.05, 3.63) is 41.2 Å². The second kappa shape index (κ2) is 12.1. The van der Waals surface area contributed by atoms with Gasteiger partial charge in [-0.2, -0.15) is 0 Å². The topological polar surface area (TPSA) is 65.1 Å². The van der Waals surface area contributed by atoms with Crippen LogP contribution in [0.2, 0.25) is 0 Å². The summed E-state index contributed by atoms with van der Waals surface area (Å²) in [6.07, 6.45) is 8.42. The van der Waals surface area contributed by atoms with Gasteiger partial charge in [0.1, 0.15) is 6.04 Å². The van der Waals surface area contributed by atoms with E-state index in [-0.39, 0.29) is 30.0 Å². The first-order chi connectivity index (χ1) is 14.8. The number of unbranched alkanes of at least 4 members (excludes halogenated alkanes) is 4. The first-order valence-electron chi connectivity index (χ1n) is 11.9. The Morgan fingerprint density at radius 1 is 1.19 bits per heavy atom. The van der Waals surface area contributed by atoms with E-state index in [4.69, 9.17) is 11.7 Å². The normalized spacial score (nSPS) is 19.9. The number of carbonyl (C=O) groups is 1. The molecule has 0 bridgehead atoms. The van der Waals surface area contributed by atoms with Crippen molar-refractivity contribution in [2.75, 3.05) is 11.4 Å². The average molecular weight is 429 g/mol. The minimum absolute atomic E-state index is 0.0333. The fraction of sp³-hybridized carbons (Fsp3) is 0.692. The number of hydrogen-bond donors (Lipinski definition) is 2. The molecule has 2 rings (SSSR count). The van der Waals surface area contributed by atoms with Crippen molar-refractivity contribution in [1.29, 1.82) is 0 Å². The van der Waals surface area contributed by atoms with E-state index in [0.29, 0.717) is 0 Å². The summed E-state index contributed by atoms with van der Waals surface area (Å²) in [4.78, 5) is 16.9. The molecule has 31 heavy (non-hydrogen) atoms. The van der Waals surface area contributed by atoms with Crippen molar-refractivity contribution in [2.45, 2.75) is 109 Å². The molecule has 5 heteroatoms. The van der Waals surface area contributed by atoms with E-state index in [2.05, 4.69) is 54.8 Å². The standard InChI is InChI=1S/C26H40N2O3/c1-5-6-12-24(29)26(2,3)20-14-16-21(17-15-20)28-19-18-22(27-4)23(28)11-9-7-8-10-13-25(30)31/h14-17,22-24,29H,5-13,18-19H2,1-3H3,(H,30,31). The van der Waals surface area contributed by atoms with E-state index in [9.17, 15) is 9.90 Å². The Kier molecular flexibility index (Phi) is 9.84. The third-order valence-electron chi connectivity index (χ3n) is 6.92. The van der Waals surface area contributed by atoms with Gasteiger partial charge in [0.25, 0.3) is 0 Å². The third-order valence-corrected chi connectivity index (χ3v) is 6.92. The molecule has 1 aromatic carbocycles. The zero-order valence-corrected chi connectivity index (χ0v) is 19.5. The molecule has 1 aromatic rings. The zero-order valence-electron chi connectivity index (χ0n) is 19.5. The van der Waals surface area contributed by atoms with E-state index in [1.807, 2.05) is 0 Å². The third kappa shape index (κ3) is 6.97. The molecule has 0 aliphatic carbocycles. The number of aliphatic carboxylic acids is 1. The molecule has 1 fully saturated rings. The highest BCUT2D eigenvalue weighted by Gasteiger charge is 2.38. The number of rotatable bonds is 13. The second-order valence-electron chi connectivity index (χ2n) is 9.52. The maximum atomic E-state index is 10.7. The van der Waals surface area contributed by atoms with Crippen molar-refractivity contribution in [3.63, 3.8) is 0 Å². The summed E-state index contributed by atoms with van der Waals surface area (Å²) in [6, 6.07) is 8.83. The lowest BCUT2D eigenvalue weighted by molar-refractivity contribution is -0.137. The van der Waals surface area contributed by atoms with Gasteiger partial charge in [-0.1, -0.05) is 65.0 Å². The largest absolute Gasteiger partial charge is 0.481 e. The number of aliphatic hydroxyl groups is 1. The highest BCUT2D eigenvalue weighted by Crippen LogP contribution is 2.34. The highest BCUT2D eigenvalue weighted by molar-refractivity contribution is 5.66. The van der Waals surface area contributed by atoms with E-state index in [1.165, 1.54) is 0 Å². The van der Waals surface area contributed by atoms with Crippen LogP contribution in [0.5, 0.6) is 0 Å². The molecule has 0 saturated carbocycles. The number of hydrogen-bond acceptors (Lipinski definition) is 3. The lowest BCUT2D eigenvalue weighted by atomic mass is 9.77. The molecule has 1 aliphatic heterocycles. The van der Waals surface area contributed by atoms with Crippen LogP contribution in [0, 0.1) is 6.57 Å². The van der Waals surface area contributed by atoms with E-state index in [0.717, 1.165) is 75.6 Å². The van der Waals surface area contributed by atoms with Gasteiger partial charge < -0.3 is 20.0 Å². The second-order valence-corrected chi connectivity index (χ2v) is 9.52. The average Bonchev–Trinajstić information content (AvgIpc) is 3.17. The van der Waals surface area contributed by atoms with Crippen LogP contribution in [0.4, 0.5) is 5.69 Å². The van der Waals surface area contributed by atoms with E-state index in [1.54, 1.807) is 0 Å². The van der Waals surface area contributed by atoms with Crippen molar-refractivity contribution in [3.8, 4) is 0 Å². The van der Waals surface area contributed by atoms with Crippen LogP contribution < -0.4 is 4.90 Å². The number of carboxylic acid groups (broad SMARTS) is 1. The highest BCUT2D eigenvalue weighted by atomic mass is 16.4. The number of aliphatic hydroxyl groups excluding tert-OH is 1. The molecule has 0 spiro atoms. The first kappa shape index (κ1) is 25.2. The molecule has 0 radical (unpaired) electrons. The van der Waals surface area contributed by atoms with Gasteiger partial charge in [-0.05, 0) is 37.0 Å². The monoisotopic (exact) mass is 428 g/mol. The van der Waals surface area contributed by atoms with Gasteiger partial charge in [-0.25, -0.2) is 6.57 Å². The minimum Gasteiger partial charge on any atom is -0.481 e. The Balaban J connectivity index is 1.99. The quantitative estimate of drug-likeness (QED) is 0.307. The summed E-state index contributed by atoms with van der Waals surface area (Å²) in [5, 5.41) is 19.4. The zero-order chi connectivity index (χ0) is 22.9. The fourth-order valence-electron chi connectivity index (χ4n) is 4.67. The molecule has 5 nitrogen and oxygen atoms in total. The Morgan fingerprint density at radius 2 is 1.87 bits per heavy atom. The van der Waals surface area contributed by atoms with Gasteiger partial charge in [0.05, 0.1) is 6.10 Å². The van der Waals surface area contributed by atoms with Gasteiger partial charge in [0.15, 0.2) is 0 Å². The molecule has 3 unspecified atom stereocenters. The predicted molar refractivity (Wildman–Crippen MR) is 126 cm³/mol. The molecule has 1 heterocycles. The van der Waals surface area contributed by atoms with Crippen molar-refractivity contribution >= 4 is 11.7 Å². The first-order valence-corrected chi connectivity index (χ1v) is 11.9. The van der Waals surface area contributed by atoms with Crippen molar-refractivity contribution < 1.29 is 15.0 Å². The van der Waals surface area contributed by atoms with Crippen LogP contribution >= 0.6 is 0 Å². The van der Waals surface area contributed by atoms with Crippen LogP contribution in [0.25, 0.3) is 4.85 Å². The van der Waals surface area contributed by atoms with Crippen LogP contribution in [0.1, 0.15) is 90.5 Å². The molecule has 3 atom stereocenters. The van der Waals surface area contributed by atoms with E-state index < -0.39 is 5.97 Å². The smallest absolute Gasteiger partial charge is 0.303 e. The summed E-state index contributed by atoms with van der Waals surface area (Å²) >= 11 is 0. The Labute approximate surface area is 188 Å². The van der Waals surface area contributed by atoms with Gasteiger partial charge in [-0.3, -0.25) is 4.79 Å². The van der Waals surface area contributed by atoms with Crippen LogP contribution in [-0.4, -0.2) is 40.9 Å². The molecule has 172 valence electrons. The number of benzene rings is 1. The molecular weight excluding hydrogens is 388 g/mol. The summed E-state index contributed by atoms with van der Waals surface area (Å²) in [7, 11) is 0. The lowest BCUT2D eigenvalue weighted by Crippen LogP contribution is -2.35. The van der Waals surface area contributed by atoms with Crippen LogP contribution in [-0.2, 0) is 10.2 Å².